The number of fused-ring (bicyclic) bond motifs is 7. The molecule has 0 aliphatic heterocycles. The molecule has 230 valence electrons. The third kappa shape index (κ3) is 6.47. The van der Waals surface area contributed by atoms with Crippen LogP contribution in [0.4, 0.5) is 0 Å². The van der Waals surface area contributed by atoms with Crippen molar-refractivity contribution in [1.82, 2.24) is 0 Å². The van der Waals surface area contributed by atoms with Gasteiger partial charge in [-0.1, -0.05) is 159 Å². The maximum atomic E-state index is 5.69. The minimum absolute atomic E-state index is 0.121. The molecule has 1 aromatic heterocycles. The minimum Gasteiger partial charge on any atom is -0.456 e. The van der Waals surface area contributed by atoms with Crippen LogP contribution in [-0.4, -0.2) is 0 Å². The summed E-state index contributed by atoms with van der Waals surface area (Å²) in [6, 6.07) is 52.9. The second kappa shape index (κ2) is 13.3. The molecule has 0 radical (unpaired) electrons. The third-order valence-corrected chi connectivity index (χ3v) is 10.3. The SMILES string of the molecule is Brc1ccc(-c2ccc3ccccc3c2)cc1.Brc1ccc2oc3ccccc3c2c1.CC1(C)c2ccccc2-c2ccc(Br)cc21. The van der Waals surface area contributed by atoms with Gasteiger partial charge in [0.25, 0.3) is 0 Å². The molecule has 0 saturated heterocycles. The largest absolute Gasteiger partial charge is 0.456 e. The van der Waals surface area contributed by atoms with Crippen LogP contribution in [0.5, 0.6) is 0 Å². The normalized spacial score (nSPS) is 12.5. The highest BCUT2D eigenvalue weighted by Gasteiger charge is 2.34. The van der Waals surface area contributed by atoms with Crippen molar-refractivity contribution < 1.29 is 4.42 Å². The molecule has 8 aromatic rings. The first kappa shape index (κ1) is 31.6. The molecular formula is C43H31Br3O. The molecule has 0 unspecified atom stereocenters. The van der Waals surface area contributed by atoms with Crippen LogP contribution < -0.4 is 0 Å². The van der Waals surface area contributed by atoms with E-state index in [0.717, 1.165) is 30.0 Å². The number of hydrogen-bond donors (Lipinski definition) is 0. The second-order valence-electron chi connectivity index (χ2n) is 12.2. The van der Waals surface area contributed by atoms with Gasteiger partial charge in [-0.15, -0.1) is 0 Å². The molecule has 1 aliphatic rings. The summed E-state index contributed by atoms with van der Waals surface area (Å²) >= 11 is 10.5. The maximum absolute atomic E-state index is 5.69. The Morgan fingerprint density at radius 1 is 0.426 bits per heavy atom. The Labute approximate surface area is 300 Å². The van der Waals surface area contributed by atoms with E-state index in [0.29, 0.717) is 0 Å². The Bertz CT molecular complexity index is 2370. The lowest BCUT2D eigenvalue weighted by Gasteiger charge is -2.21. The van der Waals surface area contributed by atoms with Crippen LogP contribution in [0.3, 0.4) is 0 Å². The molecule has 1 heterocycles. The predicted molar refractivity (Wildman–Crippen MR) is 210 cm³/mol. The van der Waals surface area contributed by atoms with Gasteiger partial charge in [0.05, 0.1) is 0 Å². The van der Waals surface area contributed by atoms with Gasteiger partial charge in [-0.25, -0.2) is 0 Å². The summed E-state index contributed by atoms with van der Waals surface area (Å²) in [6.07, 6.45) is 0. The lowest BCUT2D eigenvalue weighted by atomic mass is 9.82. The van der Waals surface area contributed by atoms with Gasteiger partial charge in [0.15, 0.2) is 0 Å². The van der Waals surface area contributed by atoms with E-state index >= 15 is 0 Å². The van der Waals surface area contributed by atoms with Gasteiger partial charge in [-0.2, -0.15) is 0 Å². The van der Waals surface area contributed by atoms with Crippen LogP contribution in [0, 0.1) is 0 Å². The summed E-state index contributed by atoms with van der Waals surface area (Å²) in [5, 5.41) is 4.90. The highest BCUT2D eigenvalue weighted by molar-refractivity contribution is 9.11. The first-order valence-electron chi connectivity index (χ1n) is 15.5. The van der Waals surface area contributed by atoms with E-state index in [-0.39, 0.29) is 5.41 Å². The zero-order chi connectivity index (χ0) is 32.5. The molecule has 0 atom stereocenters. The lowest BCUT2D eigenvalue weighted by Crippen LogP contribution is -2.14. The van der Waals surface area contributed by atoms with E-state index in [1.807, 2.05) is 30.3 Å². The molecule has 7 aromatic carbocycles. The number of halogens is 3. The van der Waals surface area contributed by atoms with Crippen molar-refractivity contribution in [3.8, 4) is 22.3 Å². The molecule has 0 N–H and O–H groups in total. The quantitative estimate of drug-likeness (QED) is 0.161. The maximum Gasteiger partial charge on any atom is 0.135 e. The molecule has 4 heteroatoms. The number of hydrogen-bond acceptors (Lipinski definition) is 1. The van der Waals surface area contributed by atoms with E-state index in [1.165, 1.54) is 49.5 Å². The lowest BCUT2D eigenvalue weighted by molar-refractivity contribution is 0.660. The molecule has 0 bridgehead atoms. The van der Waals surface area contributed by atoms with E-state index in [9.17, 15) is 0 Å². The first-order chi connectivity index (χ1) is 22.8. The molecular weight excluding hydrogens is 772 g/mol. The van der Waals surface area contributed by atoms with Crippen LogP contribution in [0.25, 0.3) is 55.0 Å². The van der Waals surface area contributed by atoms with Gasteiger partial charge >= 0.3 is 0 Å². The zero-order valence-corrected chi connectivity index (χ0v) is 30.7. The fourth-order valence-corrected chi connectivity index (χ4v) is 7.37. The van der Waals surface area contributed by atoms with Crippen molar-refractivity contribution in [1.29, 1.82) is 0 Å². The van der Waals surface area contributed by atoms with Crippen LogP contribution in [0.15, 0.2) is 169 Å². The topological polar surface area (TPSA) is 13.1 Å². The van der Waals surface area contributed by atoms with Crippen LogP contribution in [0.2, 0.25) is 0 Å². The average molecular weight is 803 g/mol. The first-order valence-corrected chi connectivity index (χ1v) is 17.9. The van der Waals surface area contributed by atoms with E-state index < -0.39 is 0 Å². The molecule has 47 heavy (non-hydrogen) atoms. The van der Waals surface area contributed by atoms with Gasteiger partial charge in [0.2, 0.25) is 0 Å². The third-order valence-electron chi connectivity index (χ3n) is 8.81. The van der Waals surface area contributed by atoms with Crippen LogP contribution in [0.1, 0.15) is 25.0 Å². The Kier molecular flexibility index (Phi) is 8.93. The summed E-state index contributed by atoms with van der Waals surface area (Å²) in [5.74, 6) is 0. The van der Waals surface area contributed by atoms with Gasteiger partial charge in [0, 0.05) is 29.6 Å². The molecule has 0 amide bonds. The minimum atomic E-state index is 0.121. The van der Waals surface area contributed by atoms with Crippen LogP contribution >= 0.6 is 47.8 Å². The Morgan fingerprint density at radius 3 is 1.85 bits per heavy atom. The van der Waals surface area contributed by atoms with E-state index in [4.69, 9.17) is 4.42 Å². The fourth-order valence-electron chi connectivity index (χ4n) is 6.39. The monoisotopic (exact) mass is 800 g/mol. The van der Waals surface area contributed by atoms with E-state index in [2.05, 4.69) is 183 Å². The molecule has 1 aliphatic carbocycles. The summed E-state index contributed by atoms with van der Waals surface area (Å²) < 4.78 is 9.04. The zero-order valence-electron chi connectivity index (χ0n) is 26.0. The fraction of sp³-hybridized carbons (Fsp3) is 0.0698. The van der Waals surface area contributed by atoms with E-state index in [1.54, 1.807) is 0 Å². The molecule has 0 fully saturated rings. The molecule has 0 spiro atoms. The number of benzene rings is 7. The van der Waals surface area contributed by atoms with Crippen molar-refractivity contribution in [3.63, 3.8) is 0 Å². The summed E-state index contributed by atoms with van der Waals surface area (Å²) in [4.78, 5) is 0. The average Bonchev–Trinajstić information content (AvgIpc) is 3.57. The Hall–Kier alpha value is -3.96. The number of para-hydroxylation sites is 1. The van der Waals surface area contributed by atoms with Crippen molar-refractivity contribution >= 4 is 80.5 Å². The van der Waals surface area contributed by atoms with Gasteiger partial charge in [-0.05, 0) is 98.8 Å². The highest BCUT2D eigenvalue weighted by atomic mass is 79.9. The number of furan rings is 1. The van der Waals surface area contributed by atoms with Crippen LogP contribution in [-0.2, 0) is 5.41 Å². The van der Waals surface area contributed by atoms with Crippen molar-refractivity contribution in [2.45, 2.75) is 19.3 Å². The molecule has 9 rings (SSSR count). The van der Waals surface area contributed by atoms with Gasteiger partial charge < -0.3 is 4.42 Å². The van der Waals surface area contributed by atoms with Gasteiger partial charge in [0.1, 0.15) is 11.2 Å². The Morgan fingerprint density at radius 2 is 1.02 bits per heavy atom. The smallest absolute Gasteiger partial charge is 0.135 e. The standard InChI is InChI=1S/C16H11Br.C15H13Br.C12H7BrO/c17-16-9-7-13(8-10-16)15-6-5-12-3-1-2-4-14(12)11-15;1-15(2)13-6-4-3-5-11(13)12-8-7-10(16)9-14(12)15;13-8-5-6-12-10(7-8)9-3-1-2-4-11(9)14-12/h1-11H;3-9H,1-2H3;1-7H. The van der Waals surface area contributed by atoms with Crippen molar-refractivity contribution in [2.75, 3.05) is 0 Å². The summed E-state index contributed by atoms with van der Waals surface area (Å²) in [7, 11) is 0. The number of rotatable bonds is 1. The van der Waals surface area contributed by atoms with Crippen molar-refractivity contribution in [2.24, 2.45) is 0 Å². The molecule has 1 nitrogen and oxygen atoms in total. The molecule has 0 saturated carbocycles. The highest BCUT2D eigenvalue weighted by Crippen LogP contribution is 2.49. The predicted octanol–water partition coefficient (Wildman–Crippen LogP) is 14.4. The second-order valence-corrected chi connectivity index (χ2v) is 14.9. The summed E-state index contributed by atoms with van der Waals surface area (Å²) in [6.45, 7) is 4.59. The summed E-state index contributed by atoms with van der Waals surface area (Å²) in [5.41, 5.74) is 10.1. The Balaban J connectivity index is 0.000000113. The van der Waals surface area contributed by atoms with Gasteiger partial charge in [-0.3, -0.25) is 0 Å². The van der Waals surface area contributed by atoms with Crippen molar-refractivity contribution in [3.05, 3.63) is 176 Å².